The van der Waals surface area contributed by atoms with E-state index in [1.807, 2.05) is 0 Å². The van der Waals surface area contributed by atoms with Crippen LogP contribution in [0.3, 0.4) is 0 Å². The van der Waals surface area contributed by atoms with Crippen molar-refractivity contribution in [2.45, 2.75) is 13.8 Å². The lowest BCUT2D eigenvalue weighted by atomic mass is 10.8. The zero-order valence-corrected chi connectivity index (χ0v) is 5.67. The standard InChI is InChI=1S/C2H5NO2.C2H4NO2/c2*1-2(4)3-5/h5H,1H3,(H,3,4);1H3,(H-,3,4,5)/q;-1. The molecule has 0 saturated carbocycles. The molecule has 60 valence electrons. The van der Waals surface area contributed by atoms with Crippen molar-refractivity contribution in [3.8, 4) is 0 Å². The minimum Gasteiger partial charge on any atom is -0.759 e. The van der Waals surface area contributed by atoms with E-state index in [2.05, 4.69) is 0 Å². The van der Waals surface area contributed by atoms with Crippen molar-refractivity contribution in [3.05, 3.63) is 5.21 Å². The normalized spacial score (nSPS) is 6.80. The first-order chi connectivity index (χ1) is 4.54. The van der Waals surface area contributed by atoms with Crippen LogP contribution in [-0.4, -0.2) is 17.0 Å². The van der Waals surface area contributed by atoms with Crippen LogP contribution in [0.25, 0.3) is 0 Å². The number of nitrogens with one attached hydrogen (secondary N) is 2. The summed E-state index contributed by atoms with van der Waals surface area (Å²) in [7, 11) is 0. The predicted octanol–water partition coefficient (Wildman–Crippen LogP) is -0.868. The summed E-state index contributed by atoms with van der Waals surface area (Å²) in [6.07, 6.45) is 0. The van der Waals surface area contributed by atoms with Crippen molar-refractivity contribution in [2.75, 3.05) is 0 Å². The highest BCUT2D eigenvalue weighted by atomic mass is 16.5. The number of carbonyl (C=O) groups excluding carboxylic acids is 2. The molecule has 0 saturated heterocycles. The first-order valence-corrected chi connectivity index (χ1v) is 2.34. The molecule has 3 N–H and O–H groups in total. The molecular weight excluding hydrogens is 140 g/mol. The van der Waals surface area contributed by atoms with Gasteiger partial charge in [-0.15, -0.1) is 0 Å². The van der Waals surface area contributed by atoms with Gasteiger partial charge in [-0.1, -0.05) is 0 Å². The van der Waals surface area contributed by atoms with E-state index in [1.54, 1.807) is 0 Å². The minimum atomic E-state index is -0.551. The third kappa shape index (κ3) is 28.8. The van der Waals surface area contributed by atoms with E-state index in [1.165, 1.54) is 12.4 Å². The van der Waals surface area contributed by atoms with Crippen LogP contribution in [0, 0.1) is 5.21 Å². The Kier molecular flexibility index (Phi) is 9.14. The van der Waals surface area contributed by atoms with Gasteiger partial charge in [0.1, 0.15) is 0 Å². The van der Waals surface area contributed by atoms with E-state index < -0.39 is 11.8 Å². The number of carbonyl (C=O) groups is 2. The summed E-state index contributed by atoms with van der Waals surface area (Å²) in [5.74, 6) is -0.991. The molecule has 0 fully saturated rings. The lowest BCUT2D eigenvalue weighted by molar-refractivity contribution is -0.126. The molecule has 0 atom stereocenters. The van der Waals surface area contributed by atoms with Crippen LogP contribution in [0.5, 0.6) is 0 Å². The molecule has 0 aliphatic heterocycles. The van der Waals surface area contributed by atoms with Gasteiger partial charge in [0.2, 0.25) is 11.8 Å². The number of rotatable bonds is 0. The van der Waals surface area contributed by atoms with E-state index in [0.29, 0.717) is 0 Å². The average molecular weight is 149 g/mol. The smallest absolute Gasteiger partial charge is 0.240 e. The molecule has 0 rings (SSSR count). The average Bonchev–Trinajstić information content (AvgIpc) is 1.89. The lowest BCUT2D eigenvalue weighted by Gasteiger charge is -1.97. The van der Waals surface area contributed by atoms with Gasteiger partial charge < -0.3 is 10.7 Å². The molecule has 0 aliphatic rings. The summed E-state index contributed by atoms with van der Waals surface area (Å²) in [4.78, 5) is 18.8. The Labute approximate surface area is 57.8 Å². The van der Waals surface area contributed by atoms with Crippen LogP contribution >= 0.6 is 0 Å². The van der Waals surface area contributed by atoms with Gasteiger partial charge in [-0.05, 0) is 0 Å². The van der Waals surface area contributed by atoms with Gasteiger partial charge in [0.15, 0.2) is 0 Å². The van der Waals surface area contributed by atoms with E-state index >= 15 is 0 Å². The molecule has 0 aromatic rings. The zero-order chi connectivity index (χ0) is 8.57. The molecule has 0 spiro atoms. The molecule has 0 heterocycles. The third-order valence-corrected chi connectivity index (χ3v) is 0.301. The number of amides is 2. The molecule has 6 heteroatoms. The molecule has 0 aromatic carbocycles. The van der Waals surface area contributed by atoms with E-state index in [-0.39, 0.29) is 0 Å². The maximum Gasteiger partial charge on any atom is 0.240 e. The third-order valence-electron chi connectivity index (χ3n) is 0.301. The van der Waals surface area contributed by atoms with Crippen LogP contribution in [0.2, 0.25) is 0 Å². The Hall–Kier alpha value is -1.14. The summed E-state index contributed by atoms with van der Waals surface area (Å²) in [6, 6.07) is 0. The summed E-state index contributed by atoms with van der Waals surface area (Å²) < 4.78 is 0. The molecule has 10 heavy (non-hydrogen) atoms. The second-order valence-corrected chi connectivity index (χ2v) is 1.33. The van der Waals surface area contributed by atoms with Crippen LogP contribution in [-0.2, 0) is 9.59 Å². The fourth-order valence-corrected chi connectivity index (χ4v) is 0. The highest BCUT2D eigenvalue weighted by Gasteiger charge is 1.74. The maximum atomic E-state index is 9.45. The molecule has 0 bridgehead atoms. The van der Waals surface area contributed by atoms with Crippen molar-refractivity contribution >= 4 is 11.8 Å². The molecule has 0 aromatic heterocycles. The quantitative estimate of drug-likeness (QED) is 0.308. The van der Waals surface area contributed by atoms with Crippen molar-refractivity contribution in [2.24, 2.45) is 0 Å². The van der Waals surface area contributed by atoms with Crippen molar-refractivity contribution < 1.29 is 14.8 Å². The SMILES string of the molecule is CC(=O)NO.CC(=O)N[O-]. The maximum absolute atomic E-state index is 9.45. The predicted molar refractivity (Wildman–Crippen MR) is 32.8 cm³/mol. The molecule has 6 nitrogen and oxygen atoms in total. The number of hydrogen-bond acceptors (Lipinski definition) is 4. The monoisotopic (exact) mass is 149 g/mol. The molecule has 0 unspecified atom stereocenters. The first kappa shape index (κ1) is 11.6. The summed E-state index contributed by atoms with van der Waals surface area (Å²) in [5, 5.41) is 16.6. The van der Waals surface area contributed by atoms with Gasteiger partial charge in [-0.25, -0.2) is 5.48 Å². The van der Waals surface area contributed by atoms with Gasteiger partial charge in [0, 0.05) is 13.8 Å². The Balaban J connectivity index is 0. The Morgan fingerprint density at radius 3 is 1.50 bits per heavy atom. The van der Waals surface area contributed by atoms with E-state index in [0.717, 1.165) is 12.4 Å². The fraction of sp³-hybridized carbons (Fsp3) is 0.500. The van der Waals surface area contributed by atoms with Gasteiger partial charge in [0.25, 0.3) is 0 Å². The van der Waals surface area contributed by atoms with Crippen LogP contribution in [0.1, 0.15) is 13.8 Å². The zero-order valence-electron chi connectivity index (χ0n) is 5.67. The second-order valence-electron chi connectivity index (χ2n) is 1.33. The van der Waals surface area contributed by atoms with E-state index in [4.69, 9.17) is 10.4 Å². The van der Waals surface area contributed by atoms with Crippen LogP contribution in [0.4, 0.5) is 0 Å². The van der Waals surface area contributed by atoms with Crippen molar-refractivity contribution in [1.29, 1.82) is 0 Å². The van der Waals surface area contributed by atoms with Crippen molar-refractivity contribution in [1.82, 2.24) is 11.0 Å². The second kappa shape index (κ2) is 7.86. The molecule has 0 aliphatic carbocycles. The largest absolute Gasteiger partial charge is 0.759 e. The minimum absolute atomic E-state index is 0.440. The van der Waals surface area contributed by atoms with Crippen LogP contribution in [0.15, 0.2) is 0 Å². The first-order valence-electron chi connectivity index (χ1n) is 2.34. The van der Waals surface area contributed by atoms with Gasteiger partial charge in [0.05, 0.1) is 0 Å². The Bertz CT molecular complexity index is 99.8. The Morgan fingerprint density at radius 1 is 1.30 bits per heavy atom. The highest BCUT2D eigenvalue weighted by Crippen LogP contribution is 1.47. The molecule has 2 amide bonds. The summed E-state index contributed by atoms with van der Waals surface area (Å²) in [6.45, 7) is 2.38. The summed E-state index contributed by atoms with van der Waals surface area (Å²) in [5.41, 5.74) is 2.53. The molecule has 0 radical (unpaired) electrons. The highest BCUT2D eigenvalue weighted by molar-refractivity contribution is 5.73. The van der Waals surface area contributed by atoms with Gasteiger partial charge in [-0.3, -0.25) is 14.8 Å². The van der Waals surface area contributed by atoms with Crippen molar-refractivity contribution in [3.63, 3.8) is 0 Å². The fourth-order valence-electron chi connectivity index (χ4n) is 0. The topological polar surface area (TPSA) is 101 Å². The van der Waals surface area contributed by atoms with Gasteiger partial charge >= 0.3 is 0 Å². The summed E-state index contributed by atoms with van der Waals surface area (Å²) >= 11 is 0. The van der Waals surface area contributed by atoms with E-state index in [9.17, 15) is 9.59 Å². The molecular formula is C4H9N2O4-. The Morgan fingerprint density at radius 2 is 1.50 bits per heavy atom. The number of hydroxylamine groups is 2. The number of hydrogen-bond donors (Lipinski definition) is 3. The lowest BCUT2D eigenvalue weighted by Crippen LogP contribution is -2.12. The van der Waals surface area contributed by atoms with Gasteiger partial charge in [-0.2, -0.15) is 0 Å². The van der Waals surface area contributed by atoms with Crippen LogP contribution < -0.4 is 11.0 Å².